The molecular weight excluding hydrogens is 805 g/mol. The Morgan fingerprint density at radius 3 is 1.14 bits per heavy atom. The fraction of sp³-hybridized carbons (Fsp3) is 0.644. The Hall–Kier alpha value is -3.93. The molecule has 1 atom stereocenters. The van der Waals surface area contributed by atoms with Crippen molar-refractivity contribution >= 4 is 17.9 Å². The third-order valence-electron chi connectivity index (χ3n) is 10.8. The fourth-order valence-electron chi connectivity index (χ4n) is 6.89. The predicted molar refractivity (Wildman–Crippen MR) is 279 cm³/mol. The van der Waals surface area contributed by atoms with E-state index >= 15 is 0 Å². The van der Waals surface area contributed by atoms with Gasteiger partial charge in [0.1, 0.15) is 13.2 Å². The standard InChI is InChI=1S/C59H96O6/c1-4-7-10-13-16-19-22-25-27-29-30-32-34-37-40-43-46-49-52-58(61)64-55-56(54-63-57(60)51-48-45-42-39-36-33-24-21-18-15-12-9-6-3)65-59(62)53-50-47-44-41-38-35-31-28-26-23-20-17-14-11-8-5-2/h8-9,11-12,15,17-18,20-21,24,26-30,32,35,38,56H,4-7,10,13-14,16,19,22-23,25,31,33-34,36-37,39-55H2,1-3H3/b11-8+,12-9+,18-15+,20-17+,24-21+,28-26+,29-27+,32-30+,38-35+. The molecule has 0 saturated carbocycles. The molecule has 0 amide bonds. The van der Waals surface area contributed by atoms with Crippen LogP contribution in [-0.2, 0) is 28.6 Å². The molecule has 0 aromatic heterocycles. The number of hydrogen-bond donors (Lipinski definition) is 0. The van der Waals surface area contributed by atoms with Crippen molar-refractivity contribution in [3.05, 3.63) is 109 Å². The summed E-state index contributed by atoms with van der Waals surface area (Å²) in [5.41, 5.74) is 0. The summed E-state index contributed by atoms with van der Waals surface area (Å²) in [7, 11) is 0. The van der Waals surface area contributed by atoms with Crippen LogP contribution in [0.15, 0.2) is 109 Å². The Bertz CT molecular complexity index is 1360. The average Bonchev–Trinajstić information content (AvgIpc) is 3.30. The van der Waals surface area contributed by atoms with Gasteiger partial charge in [0.2, 0.25) is 0 Å². The van der Waals surface area contributed by atoms with Crippen LogP contribution >= 0.6 is 0 Å². The minimum Gasteiger partial charge on any atom is -0.462 e. The summed E-state index contributed by atoms with van der Waals surface area (Å²) < 4.78 is 16.8. The van der Waals surface area contributed by atoms with Gasteiger partial charge in [0, 0.05) is 19.3 Å². The molecule has 0 bridgehead atoms. The minimum absolute atomic E-state index is 0.108. The summed E-state index contributed by atoms with van der Waals surface area (Å²) in [5.74, 6) is -0.979. The second-order valence-corrected chi connectivity index (χ2v) is 17.1. The van der Waals surface area contributed by atoms with Crippen molar-refractivity contribution in [1.82, 2.24) is 0 Å². The molecule has 6 nitrogen and oxygen atoms in total. The number of rotatable bonds is 46. The topological polar surface area (TPSA) is 78.9 Å². The van der Waals surface area contributed by atoms with E-state index in [1.165, 1.54) is 51.4 Å². The smallest absolute Gasteiger partial charge is 0.306 e. The highest BCUT2D eigenvalue weighted by Gasteiger charge is 2.19. The van der Waals surface area contributed by atoms with E-state index in [0.717, 1.165) is 135 Å². The van der Waals surface area contributed by atoms with Gasteiger partial charge in [-0.2, -0.15) is 0 Å². The van der Waals surface area contributed by atoms with Crippen LogP contribution in [0, 0.1) is 0 Å². The van der Waals surface area contributed by atoms with Gasteiger partial charge in [-0.3, -0.25) is 14.4 Å². The Morgan fingerprint density at radius 1 is 0.338 bits per heavy atom. The van der Waals surface area contributed by atoms with Gasteiger partial charge in [-0.25, -0.2) is 0 Å². The maximum absolute atomic E-state index is 12.8. The molecule has 0 aliphatic heterocycles. The minimum atomic E-state index is -0.812. The number of hydrogen-bond acceptors (Lipinski definition) is 6. The first-order valence-corrected chi connectivity index (χ1v) is 26.4. The molecule has 0 spiro atoms. The maximum Gasteiger partial charge on any atom is 0.306 e. The summed E-state index contributed by atoms with van der Waals surface area (Å²) in [6, 6.07) is 0. The zero-order chi connectivity index (χ0) is 47.2. The van der Waals surface area contributed by atoms with Gasteiger partial charge in [-0.15, -0.1) is 0 Å². The molecular formula is C59H96O6. The Morgan fingerprint density at radius 2 is 0.677 bits per heavy atom. The van der Waals surface area contributed by atoms with Gasteiger partial charge < -0.3 is 14.2 Å². The van der Waals surface area contributed by atoms with Crippen LogP contribution in [0.4, 0.5) is 0 Å². The van der Waals surface area contributed by atoms with E-state index in [2.05, 4.69) is 130 Å². The summed E-state index contributed by atoms with van der Waals surface area (Å²) in [4.78, 5) is 38.0. The fourth-order valence-corrected chi connectivity index (χ4v) is 6.89. The Balaban J connectivity index is 4.50. The number of esters is 3. The highest BCUT2D eigenvalue weighted by molar-refractivity contribution is 5.71. The van der Waals surface area contributed by atoms with Crippen LogP contribution in [0.25, 0.3) is 0 Å². The van der Waals surface area contributed by atoms with Crippen molar-refractivity contribution in [1.29, 1.82) is 0 Å². The van der Waals surface area contributed by atoms with Crippen LogP contribution in [-0.4, -0.2) is 37.2 Å². The highest BCUT2D eigenvalue weighted by atomic mass is 16.6. The average molecular weight is 901 g/mol. The van der Waals surface area contributed by atoms with Gasteiger partial charge >= 0.3 is 17.9 Å². The molecule has 65 heavy (non-hydrogen) atoms. The van der Waals surface area contributed by atoms with Crippen molar-refractivity contribution in [3.8, 4) is 0 Å². The quantitative estimate of drug-likeness (QED) is 0.0199. The molecule has 0 aliphatic carbocycles. The van der Waals surface area contributed by atoms with Crippen LogP contribution in [0.3, 0.4) is 0 Å². The van der Waals surface area contributed by atoms with Crippen molar-refractivity contribution in [2.24, 2.45) is 0 Å². The van der Waals surface area contributed by atoms with E-state index in [1.54, 1.807) is 0 Å². The van der Waals surface area contributed by atoms with Crippen LogP contribution < -0.4 is 0 Å². The van der Waals surface area contributed by atoms with Gasteiger partial charge in [-0.1, -0.05) is 214 Å². The molecule has 6 heteroatoms. The lowest BCUT2D eigenvalue weighted by Crippen LogP contribution is -2.30. The first-order valence-electron chi connectivity index (χ1n) is 26.4. The zero-order valence-corrected chi connectivity index (χ0v) is 42.0. The second kappa shape index (κ2) is 52.7. The van der Waals surface area contributed by atoms with Crippen molar-refractivity contribution in [3.63, 3.8) is 0 Å². The van der Waals surface area contributed by atoms with Crippen LogP contribution in [0.1, 0.15) is 226 Å². The van der Waals surface area contributed by atoms with E-state index in [4.69, 9.17) is 14.2 Å². The summed E-state index contributed by atoms with van der Waals surface area (Å²) in [5, 5.41) is 0. The van der Waals surface area contributed by atoms with E-state index in [0.29, 0.717) is 12.8 Å². The van der Waals surface area contributed by atoms with E-state index in [9.17, 15) is 14.4 Å². The Labute approximate surface area is 400 Å². The third kappa shape index (κ3) is 50.9. The number of allylic oxidation sites excluding steroid dienone is 18. The van der Waals surface area contributed by atoms with Gasteiger partial charge in [0.05, 0.1) is 0 Å². The number of carbonyl (C=O) groups is 3. The SMILES string of the molecule is CC/C=C/C=C/C=C/CCCCCCCC(=O)OCC(COC(=O)CCCCCCC/C=C/C=C/CCCCCCCCC)OC(=O)CCCCC/C=C/C/C=C/C/C=C/C/C=C/CC. The van der Waals surface area contributed by atoms with Gasteiger partial charge in [-0.05, 0) is 103 Å². The van der Waals surface area contributed by atoms with E-state index in [1.807, 2.05) is 0 Å². The number of ether oxygens (including phenoxy) is 3. The van der Waals surface area contributed by atoms with E-state index < -0.39 is 6.10 Å². The van der Waals surface area contributed by atoms with Crippen LogP contribution in [0.2, 0.25) is 0 Å². The lowest BCUT2D eigenvalue weighted by molar-refractivity contribution is -0.167. The molecule has 0 heterocycles. The molecule has 0 aromatic carbocycles. The second-order valence-electron chi connectivity index (χ2n) is 17.1. The monoisotopic (exact) mass is 901 g/mol. The molecule has 0 N–H and O–H groups in total. The van der Waals surface area contributed by atoms with Crippen molar-refractivity contribution < 1.29 is 28.6 Å². The number of unbranched alkanes of at least 4 members (excludes halogenated alkanes) is 20. The van der Waals surface area contributed by atoms with Gasteiger partial charge in [0.25, 0.3) is 0 Å². The largest absolute Gasteiger partial charge is 0.462 e. The van der Waals surface area contributed by atoms with Gasteiger partial charge in [0.15, 0.2) is 6.10 Å². The third-order valence-corrected chi connectivity index (χ3v) is 10.8. The molecule has 0 saturated heterocycles. The maximum atomic E-state index is 12.8. The molecule has 0 aromatic rings. The highest BCUT2D eigenvalue weighted by Crippen LogP contribution is 2.13. The van der Waals surface area contributed by atoms with Crippen molar-refractivity contribution in [2.75, 3.05) is 13.2 Å². The first-order chi connectivity index (χ1) is 32.0. The number of carbonyl (C=O) groups excluding carboxylic acids is 3. The molecule has 1 unspecified atom stereocenters. The van der Waals surface area contributed by atoms with Crippen LogP contribution in [0.5, 0.6) is 0 Å². The Kier molecular flexibility index (Phi) is 49.5. The van der Waals surface area contributed by atoms with E-state index in [-0.39, 0.29) is 37.5 Å². The summed E-state index contributed by atoms with van der Waals surface area (Å²) >= 11 is 0. The lowest BCUT2D eigenvalue weighted by atomic mass is 10.1. The molecule has 0 rings (SSSR count). The summed E-state index contributed by atoms with van der Waals surface area (Å²) in [6.45, 7) is 6.32. The lowest BCUT2D eigenvalue weighted by Gasteiger charge is -2.18. The predicted octanol–water partition coefficient (Wildman–Crippen LogP) is 17.5. The molecule has 368 valence electrons. The first kappa shape index (κ1) is 61.1. The van der Waals surface area contributed by atoms with Crippen molar-refractivity contribution in [2.45, 2.75) is 232 Å². The molecule has 0 radical (unpaired) electrons. The molecule has 0 aliphatic rings. The summed E-state index contributed by atoms with van der Waals surface area (Å²) in [6.07, 6.45) is 70.7. The molecule has 0 fully saturated rings. The normalized spacial score (nSPS) is 13.0. The zero-order valence-electron chi connectivity index (χ0n) is 42.0.